The highest BCUT2D eigenvalue weighted by Crippen LogP contribution is 2.39. The van der Waals surface area contributed by atoms with Gasteiger partial charge in [-0.25, -0.2) is 0 Å². The van der Waals surface area contributed by atoms with Crippen LogP contribution in [0.2, 0.25) is 0 Å². The largest absolute Gasteiger partial charge is 0.507 e. The van der Waals surface area contributed by atoms with Crippen LogP contribution in [0.3, 0.4) is 0 Å². The SMILES string of the molecule is N[C@H](C(=O)O)c1cccc(C2CCCCC2)c1O. The first-order valence-electron chi connectivity index (χ1n) is 6.41. The minimum absolute atomic E-state index is 0.0688. The molecule has 0 aliphatic heterocycles. The van der Waals surface area contributed by atoms with Crippen molar-refractivity contribution in [3.63, 3.8) is 0 Å². The minimum Gasteiger partial charge on any atom is -0.507 e. The molecule has 0 heterocycles. The highest BCUT2D eigenvalue weighted by molar-refractivity contribution is 5.76. The molecule has 98 valence electrons. The van der Waals surface area contributed by atoms with E-state index in [2.05, 4.69) is 0 Å². The average Bonchev–Trinajstić information content (AvgIpc) is 2.39. The van der Waals surface area contributed by atoms with Gasteiger partial charge in [0.15, 0.2) is 0 Å². The van der Waals surface area contributed by atoms with Gasteiger partial charge in [-0.15, -0.1) is 0 Å². The second kappa shape index (κ2) is 5.40. The van der Waals surface area contributed by atoms with Gasteiger partial charge in [-0.2, -0.15) is 0 Å². The Morgan fingerprint density at radius 2 is 1.94 bits per heavy atom. The fourth-order valence-electron chi connectivity index (χ4n) is 2.71. The Balaban J connectivity index is 2.31. The lowest BCUT2D eigenvalue weighted by atomic mass is 9.82. The molecule has 1 fully saturated rings. The van der Waals surface area contributed by atoms with Crippen molar-refractivity contribution in [3.05, 3.63) is 29.3 Å². The molecule has 18 heavy (non-hydrogen) atoms. The number of phenolic OH excluding ortho intramolecular Hbond substituents is 1. The number of carboxylic acid groups (broad SMARTS) is 1. The van der Waals surface area contributed by atoms with Crippen LogP contribution in [0.1, 0.15) is 55.2 Å². The first kappa shape index (κ1) is 12.9. The second-order valence-electron chi connectivity index (χ2n) is 4.94. The maximum atomic E-state index is 10.9. The molecule has 1 aliphatic rings. The number of carboxylic acids is 1. The Morgan fingerprint density at radius 3 is 2.56 bits per heavy atom. The fraction of sp³-hybridized carbons (Fsp3) is 0.500. The molecule has 2 rings (SSSR count). The van der Waals surface area contributed by atoms with Crippen molar-refractivity contribution in [2.45, 2.75) is 44.1 Å². The van der Waals surface area contributed by atoms with Gasteiger partial charge >= 0.3 is 5.97 Å². The number of benzene rings is 1. The van der Waals surface area contributed by atoms with Gasteiger partial charge in [0.2, 0.25) is 0 Å². The standard InChI is InChI=1S/C14H19NO3/c15-12(14(17)18)11-8-4-7-10(13(11)16)9-5-2-1-3-6-9/h4,7-9,12,16H,1-3,5-6,15H2,(H,17,18)/t12-/m0/s1. The lowest BCUT2D eigenvalue weighted by Crippen LogP contribution is -2.21. The van der Waals surface area contributed by atoms with Crippen molar-refractivity contribution < 1.29 is 15.0 Å². The smallest absolute Gasteiger partial charge is 0.325 e. The van der Waals surface area contributed by atoms with Crippen molar-refractivity contribution in [1.82, 2.24) is 0 Å². The molecule has 0 radical (unpaired) electrons. The third-order valence-electron chi connectivity index (χ3n) is 3.74. The summed E-state index contributed by atoms with van der Waals surface area (Å²) in [5, 5.41) is 19.1. The summed E-state index contributed by atoms with van der Waals surface area (Å²) >= 11 is 0. The van der Waals surface area contributed by atoms with Crippen LogP contribution in [0, 0.1) is 0 Å². The van der Waals surface area contributed by atoms with E-state index in [9.17, 15) is 9.90 Å². The molecule has 0 unspecified atom stereocenters. The van der Waals surface area contributed by atoms with Gasteiger partial charge in [-0.05, 0) is 24.3 Å². The average molecular weight is 249 g/mol. The number of aromatic hydroxyl groups is 1. The molecule has 0 saturated heterocycles. The zero-order valence-electron chi connectivity index (χ0n) is 10.3. The Bertz CT molecular complexity index is 439. The number of hydrogen-bond donors (Lipinski definition) is 3. The molecule has 0 spiro atoms. The van der Waals surface area contributed by atoms with E-state index in [1.54, 1.807) is 12.1 Å². The molecule has 4 N–H and O–H groups in total. The van der Waals surface area contributed by atoms with Crippen LogP contribution in [-0.2, 0) is 4.79 Å². The predicted octanol–water partition coefficient (Wildman–Crippen LogP) is 2.52. The molecule has 0 aromatic heterocycles. The van der Waals surface area contributed by atoms with E-state index in [1.165, 1.54) is 19.3 Å². The lowest BCUT2D eigenvalue weighted by molar-refractivity contribution is -0.138. The molecule has 0 amide bonds. The number of carbonyl (C=O) groups is 1. The van der Waals surface area contributed by atoms with Gasteiger partial charge in [0.25, 0.3) is 0 Å². The maximum Gasteiger partial charge on any atom is 0.325 e. The van der Waals surface area contributed by atoms with Crippen LogP contribution in [-0.4, -0.2) is 16.2 Å². The van der Waals surface area contributed by atoms with Gasteiger partial charge in [-0.1, -0.05) is 37.5 Å². The van der Waals surface area contributed by atoms with Crippen LogP contribution in [0.5, 0.6) is 5.75 Å². The third kappa shape index (κ3) is 2.48. The Morgan fingerprint density at radius 1 is 1.28 bits per heavy atom. The quantitative estimate of drug-likeness (QED) is 0.768. The molecular formula is C14H19NO3. The number of hydrogen-bond acceptors (Lipinski definition) is 3. The monoisotopic (exact) mass is 249 g/mol. The van der Waals surface area contributed by atoms with E-state index in [4.69, 9.17) is 10.8 Å². The van der Waals surface area contributed by atoms with Crippen molar-refractivity contribution in [2.75, 3.05) is 0 Å². The second-order valence-corrected chi connectivity index (χ2v) is 4.94. The molecule has 1 aromatic rings. The minimum atomic E-state index is -1.16. The number of rotatable bonds is 3. The van der Waals surface area contributed by atoms with Crippen molar-refractivity contribution in [3.8, 4) is 5.75 Å². The first-order chi connectivity index (χ1) is 8.61. The van der Waals surface area contributed by atoms with Gasteiger partial charge in [0.1, 0.15) is 11.8 Å². The topological polar surface area (TPSA) is 83.6 Å². The Hall–Kier alpha value is -1.55. The molecule has 1 aliphatic carbocycles. The fourth-order valence-corrected chi connectivity index (χ4v) is 2.71. The first-order valence-corrected chi connectivity index (χ1v) is 6.41. The number of para-hydroxylation sites is 1. The van der Waals surface area contributed by atoms with Crippen molar-refractivity contribution in [1.29, 1.82) is 0 Å². The van der Waals surface area contributed by atoms with Crippen LogP contribution in [0.25, 0.3) is 0 Å². The summed E-state index contributed by atoms with van der Waals surface area (Å²) in [5.41, 5.74) is 6.74. The van der Waals surface area contributed by atoms with E-state index < -0.39 is 12.0 Å². The number of nitrogens with two attached hydrogens (primary N) is 1. The molecule has 4 nitrogen and oxygen atoms in total. The highest BCUT2D eigenvalue weighted by atomic mass is 16.4. The molecule has 1 saturated carbocycles. The van der Waals surface area contributed by atoms with Gasteiger partial charge < -0.3 is 15.9 Å². The summed E-state index contributed by atoms with van der Waals surface area (Å²) in [5.74, 6) is -0.718. The maximum absolute atomic E-state index is 10.9. The van der Waals surface area contributed by atoms with Crippen molar-refractivity contribution >= 4 is 5.97 Å². The summed E-state index contributed by atoms with van der Waals surface area (Å²) in [7, 11) is 0. The van der Waals surface area contributed by atoms with Crippen LogP contribution >= 0.6 is 0 Å². The summed E-state index contributed by atoms with van der Waals surface area (Å²) < 4.78 is 0. The molecule has 1 aromatic carbocycles. The molecule has 4 heteroatoms. The normalized spacial score (nSPS) is 18.5. The van der Waals surface area contributed by atoms with Gasteiger partial charge in [0.05, 0.1) is 0 Å². The van der Waals surface area contributed by atoms with E-state index in [0.29, 0.717) is 11.5 Å². The molecular weight excluding hydrogens is 230 g/mol. The third-order valence-corrected chi connectivity index (χ3v) is 3.74. The summed E-state index contributed by atoms with van der Waals surface area (Å²) in [6.07, 6.45) is 5.68. The highest BCUT2D eigenvalue weighted by Gasteiger charge is 2.24. The zero-order chi connectivity index (χ0) is 13.1. The lowest BCUT2D eigenvalue weighted by Gasteiger charge is -2.24. The van der Waals surface area contributed by atoms with E-state index >= 15 is 0 Å². The summed E-state index contributed by atoms with van der Waals surface area (Å²) in [6.45, 7) is 0. The molecule has 1 atom stereocenters. The molecule has 0 bridgehead atoms. The zero-order valence-corrected chi connectivity index (χ0v) is 10.3. The van der Waals surface area contributed by atoms with E-state index in [0.717, 1.165) is 18.4 Å². The predicted molar refractivity (Wildman–Crippen MR) is 68.5 cm³/mol. The van der Waals surface area contributed by atoms with Crippen LogP contribution in [0.15, 0.2) is 18.2 Å². The number of aliphatic carboxylic acids is 1. The van der Waals surface area contributed by atoms with Gasteiger partial charge in [0, 0.05) is 5.56 Å². The van der Waals surface area contributed by atoms with E-state index in [1.807, 2.05) is 6.07 Å². The van der Waals surface area contributed by atoms with Crippen LogP contribution < -0.4 is 5.73 Å². The number of phenols is 1. The van der Waals surface area contributed by atoms with Crippen molar-refractivity contribution in [2.24, 2.45) is 5.73 Å². The van der Waals surface area contributed by atoms with E-state index in [-0.39, 0.29) is 5.75 Å². The summed E-state index contributed by atoms with van der Waals surface area (Å²) in [6, 6.07) is 4.08. The summed E-state index contributed by atoms with van der Waals surface area (Å²) in [4.78, 5) is 10.9. The Labute approximate surface area is 106 Å². The Kier molecular flexibility index (Phi) is 3.87. The van der Waals surface area contributed by atoms with Crippen LogP contribution in [0.4, 0.5) is 0 Å². The van der Waals surface area contributed by atoms with Gasteiger partial charge in [-0.3, -0.25) is 4.79 Å².